The van der Waals surface area contributed by atoms with Crippen molar-refractivity contribution in [2.24, 2.45) is 5.73 Å². The van der Waals surface area contributed by atoms with Crippen molar-refractivity contribution in [3.05, 3.63) is 0 Å². The Morgan fingerprint density at radius 2 is 1.39 bits per heavy atom. The fourth-order valence-corrected chi connectivity index (χ4v) is 4.02. The van der Waals surface area contributed by atoms with Crippen LogP contribution in [0.5, 0.6) is 0 Å². The lowest BCUT2D eigenvalue weighted by molar-refractivity contribution is -0.0386. The van der Waals surface area contributed by atoms with Gasteiger partial charge in [-0.15, -0.1) is 0 Å². The molecule has 3 atom stereocenters. The molecule has 0 heterocycles. The number of methoxy groups -OCH3 is 1. The molecule has 0 radical (unpaired) electrons. The Morgan fingerprint density at radius 1 is 0.839 bits per heavy atom. The van der Waals surface area contributed by atoms with Crippen molar-refractivity contribution >= 4 is 7.82 Å². The second-order valence-electron chi connectivity index (χ2n) is 8.11. The molecule has 188 valence electrons. The predicted octanol–water partition coefficient (Wildman–Crippen LogP) is 4.56. The Balaban J connectivity index is 3.59. The van der Waals surface area contributed by atoms with Crippen LogP contribution in [-0.2, 0) is 23.1 Å². The van der Waals surface area contributed by atoms with Crippen LogP contribution in [0, 0.1) is 0 Å². The number of phosphoric acid groups is 1. The maximum atomic E-state index is 11.5. The largest absolute Gasteiger partial charge is 0.472 e. The van der Waals surface area contributed by atoms with Crippen LogP contribution in [0.15, 0.2) is 0 Å². The maximum Gasteiger partial charge on any atom is 0.472 e. The van der Waals surface area contributed by atoms with Gasteiger partial charge in [-0.3, -0.25) is 9.05 Å². The summed E-state index contributed by atoms with van der Waals surface area (Å²) < 4.78 is 31.7. The Bertz CT molecular complexity index is 429. The summed E-state index contributed by atoms with van der Waals surface area (Å²) in [6, 6.07) is 0. The van der Waals surface area contributed by atoms with Crippen LogP contribution in [0.4, 0.5) is 0 Å². The quantitative estimate of drug-likeness (QED) is 0.139. The Hall–Kier alpha value is -0.0500. The van der Waals surface area contributed by atoms with Gasteiger partial charge in [0.2, 0.25) is 0 Å². The van der Waals surface area contributed by atoms with Crippen molar-refractivity contribution < 1.29 is 33.1 Å². The number of aliphatic hydroxyl groups is 1. The summed E-state index contributed by atoms with van der Waals surface area (Å²) in [5.74, 6) is 0. The first kappa shape index (κ1) is 30.9. The summed E-state index contributed by atoms with van der Waals surface area (Å²) >= 11 is 0. The van der Waals surface area contributed by atoms with Gasteiger partial charge in [-0.2, -0.15) is 0 Å². The van der Waals surface area contributed by atoms with E-state index in [1.54, 1.807) is 7.11 Å². The maximum absolute atomic E-state index is 11.5. The first-order valence-corrected chi connectivity index (χ1v) is 13.5. The van der Waals surface area contributed by atoms with Gasteiger partial charge < -0.3 is 25.2 Å². The summed E-state index contributed by atoms with van der Waals surface area (Å²) in [7, 11) is -2.52. The number of rotatable bonds is 24. The van der Waals surface area contributed by atoms with E-state index in [-0.39, 0.29) is 32.5 Å². The van der Waals surface area contributed by atoms with Gasteiger partial charge >= 0.3 is 7.82 Å². The second kappa shape index (κ2) is 21.8. The van der Waals surface area contributed by atoms with Crippen LogP contribution >= 0.6 is 7.82 Å². The normalized spacial score (nSPS) is 15.6. The molecule has 8 nitrogen and oxygen atoms in total. The van der Waals surface area contributed by atoms with E-state index in [0.717, 1.165) is 12.8 Å². The van der Waals surface area contributed by atoms with Crippen molar-refractivity contribution in [1.29, 1.82) is 0 Å². The monoisotopic (exact) mass is 469 g/mol. The number of hydrogen-bond acceptors (Lipinski definition) is 7. The van der Waals surface area contributed by atoms with E-state index in [9.17, 15) is 14.6 Å². The summed E-state index contributed by atoms with van der Waals surface area (Å²) in [5, 5.41) is 9.81. The molecule has 9 heteroatoms. The SMILES string of the molecule is CCCCCCCCCCCCCCC(COC[C@@H](O)COP(=O)(O)OCCN)OC. The molecule has 0 spiro atoms. The van der Waals surface area contributed by atoms with Gasteiger partial charge in [-0.1, -0.05) is 84.0 Å². The molecule has 0 rings (SSSR count). The molecule has 31 heavy (non-hydrogen) atoms. The molecular weight excluding hydrogens is 421 g/mol. The molecule has 4 N–H and O–H groups in total. The number of aliphatic hydroxyl groups excluding tert-OH is 1. The minimum atomic E-state index is -4.18. The zero-order chi connectivity index (χ0) is 23.2. The lowest BCUT2D eigenvalue weighted by Crippen LogP contribution is -2.26. The third-order valence-electron chi connectivity index (χ3n) is 5.13. The van der Waals surface area contributed by atoms with Gasteiger partial charge in [-0.05, 0) is 6.42 Å². The van der Waals surface area contributed by atoms with E-state index in [0.29, 0.717) is 6.61 Å². The van der Waals surface area contributed by atoms with Gasteiger partial charge in [0.15, 0.2) is 0 Å². The molecule has 0 aromatic heterocycles. The van der Waals surface area contributed by atoms with Crippen molar-refractivity contribution in [2.75, 3.05) is 40.1 Å². The minimum absolute atomic E-state index is 0.00477. The summed E-state index contributed by atoms with van der Waals surface area (Å²) in [5.41, 5.74) is 5.20. The lowest BCUT2D eigenvalue weighted by atomic mass is 10.0. The van der Waals surface area contributed by atoms with Gasteiger partial charge in [0, 0.05) is 13.7 Å². The molecule has 0 aliphatic carbocycles. The first-order valence-electron chi connectivity index (χ1n) is 12.1. The molecule has 0 aromatic rings. The number of unbranched alkanes of at least 4 members (excludes halogenated alkanes) is 11. The highest BCUT2D eigenvalue weighted by Crippen LogP contribution is 2.42. The third kappa shape index (κ3) is 21.6. The molecule has 0 fully saturated rings. The van der Waals surface area contributed by atoms with Crippen molar-refractivity contribution in [2.45, 2.75) is 103 Å². The predicted molar refractivity (Wildman–Crippen MR) is 124 cm³/mol. The van der Waals surface area contributed by atoms with E-state index in [1.807, 2.05) is 0 Å². The zero-order valence-corrected chi connectivity index (χ0v) is 20.7. The van der Waals surface area contributed by atoms with Crippen LogP contribution in [-0.4, -0.2) is 62.3 Å². The number of hydrogen-bond donors (Lipinski definition) is 3. The van der Waals surface area contributed by atoms with Crippen molar-refractivity contribution in [3.63, 3.8) is 0 Å². The molecule has 2 unspecified atom stereocenters. The van der Waals surface area contributed by atoms with Gasteiger partial charge in [0.1, 0.15) is 6.10 Å². The number of phosphoric ester groups is 1. The Kier molecular flexibility index (Phi) is 21.7. The molecule has 0 aromatic carbocycles. The van der Waals surface area contributed by atoms with Crippen LogP contribution in [0.2, 0.25) is 0 Å². The van der Waals surface area contributed by atoms with Gasteiger partial charge in [0.05, 0.1) is 32.5 Å². The van der Waals surface area contributed by atoms with Crippen LogP contribution < -0.4 is 5.73 Å². The third-order valence-corrected chi connectivity index (χ3v) is 6.11. The van der Waals surface area contributed by atoms with E-state index in [2.05, 4.69) is 11.4 Å². The van der Waals surface area contributed by atoms with E-state index >= 15 is 0 Å². The van der Waals surface area contributed by atoms with E-state index < -0.39 is 13.9 Å². The highest BCUT2D eigenvalue weighted by Gasteiger charge is 2.22. The number of nitrogens with two attached hydrogens (primary N) is 1. The standard InChI is InChI=1S/C22H48NO7P/c1-3-4-5-6-7-8-9-10-11-12-13-14-15-22(27-2)20-28-18-21(24)19-30-31(25,26)29-17-16-23/h21-22,24H,3-20,23H2,1-2H3,(H,25,26)/t21-,22?/m1/s1. The first-order chi connectivity index (χ1) is 14.9. The highest BCUT2D eigenvalue weighted by molar-refractivity contribution is 7.47. The van der Waals surface area contributed by atoms with Crippen LogP contribution in [0.1, 0.15) is 90.4 Å². The van der Waals surface area contributed by atoms with Crippen molar-refractivity contribution in [1.82, 2.24) is 0 Å². The zero-order valence-electron chi connectivity index (χ0n) is 19.8. The highest BCUT2D eigenvalue weighted by atomic mass is 31.2. The van der Waals surface area contributed by atoms with Crippen molar-refractivity contribution in [3.8, 4) is 0 Å². The molecule has 0 amide bonds. The lowest BCUT2D eigenvalue weighted by Gasteiger charge is -2.18. The smallest absolute Gasteiger partial charge is 0.388 e. The molecule has 0 saturated heterocycles. The van der Waals surface area contributed by atoms with Gasteiger partial charge in [0.25, 0.3) is 0 Å². The molecule has 0 aliphatic heterocycles. The van der Waals surface area contributed by atoms with E-state index in [1.165, 1.54) is 70.6 Å². The number of ether oxygens (including phenoxy) is 2. The Morgan fingerprint density at radius 3 is 1.90 bits per heavy atom. The van der Waals surface area contributed by atoms with E-state index in [4.69, 9.17) is 19.7 Å². The van der Waals surface area contributed by atoms with Gasteiger partial charge in [-0.25, -0.2) is 4.57 Å². The molecule has 0 aliphatic rings. The average molecular weight is 470 g/mol. The summed E-state index contributed by atoms with van der Waals surface area (Å²) in [4.78, 5) is 9.37. The second-order valence-corrected chi connectivity index (χ2v) is 9.57. The summed E-state index contributed by atoms with van der Waals surface area (Å²) in [6.45, 7) is 2.28. The van der Waals surface area contributed by atoms with Crippen LogP contribution in [0.3, 0.4) is 0 Å². The minimum Gasteiger partial charge on any atom is -0.388 e. The fraction of sp³-hybridized carbons (Fsp3) is 1.00. The molecule has 0 saturated carbocycles. The molecule has 0 bridgehead atoms. The topological polar surface area (TPSA) is 120 Å². The Labute approximate surface area is 189 Å². The van der Waals surface area contributed by atoms with Crippen LogP contribution in [0.25, 0.3) is 0 Å². The average Bonchev–Trinajstić information content (AvgIpc) is 2.76. The molecular formula is C22H48NO7P. The summed E-state index contributed by atoms with van der Waals surface area (Å²) in [6.07, 6.45) is 15.7. The fourth-order valence-electron chi connectivity index (χ4n) is 3.25.